The number of alkyl halides is 3. The van der Waals surface area contributed by atoms with E-state index in [0.29, 0.717) is 31.5 Å². The van der Waals surface area contributed by atoms with Crippen molar-refractivity contribution in [2.24, 2.45) is 5.92 Å². The summed E-state index contributed by atoms with van der Waals surface area (Å²) in [4.78, 5) is 18.6. The molecule has 144 valence electrons. The maximum absolute atomic E-state index is 13.4. The van der Waals surface area contributed by atoms with E-state index in [1.165, 1.54) is 6.07 Å². The molecule has 2 aliphatic heterocycles. The molecule has 0 unspecified atom stereocenters. The first-order valence-electron chi connectivity index (χ1n) is 9.16. The fourth-order valence-electron chi connectivity index (χ4n) is 3.81. The Kier molecular flexibility index (Phi) is 5.46. The van der Waals surface area contributed by atoms with Crippen LogP contribution in [0.1, 0.15) is 24.0 Å². The minimum absolute atomic E-state index is 0.0746. The van der Waals surface area contributed by atoms with Crippen LogP contribution in [0.4, 0.5) is 18.9 Å². The van der Waals surface area contributed by atoms with Crippen LogP contribution in [0, 0.1) is 12.8 Å². The Labute approximate surface area is 152 Å². The molecular formula is C19H26F3N3O. The zero-order valence-corrected chi connectivity index (χ0v) is 15.4. The maximum atomic E-state index is 13.4. The van der Waals surface area contributed by atoms with E-state index in [-0.39, 0.29) is 17.5 Å². The van der Waals surface area contributed by atoms with Gasteiger partial charge in [-0.3, -0.25) is 4.79 Å². The summed E-state index contributed by atoms with van der Waals surface area (Å²) in [6.45, 7) is 5.87. The van der Waals surface area contributed by atoms with Crippen molar-refractivity contribution in [2.45, 2.75) is 25.9 Å². The summed E-state index contributed by atoms with van der Waals surface area (Å²) in [6, 6.07) is 4.48. The van der Waals surface area contributed by atoms with Gasteiger partial charge in [0.2, 0.25) is 5.91 Å². The number of aryl methyl sites for hydroxylation is 1. The first-order valence-corrected chi connectivity index (χ1v) is 9.16. The third kappa shape index (κ3) is 4.14. The largest absolute Gasteiger partial charge is 0.418 e. The number of anilines is 1. The van der Waals surface area contributed by atoms with E-state index >= 15 is 0 Å². The number of hydrogen-bond acceptors (Lipinski definition) is 3. The fraction of sp³-hybridized carbons (Fsp3) is 0.632. The zero-order valence-electron chi connectivity index (χ0n) is 15.4. The molecule has 4 nitrogen and oxygen atoms in total. The maximum Gasteiger partial charge on any atom is 0.418 e. The number of rotatable bonds is 2. The lowest BCUT2D eigenvalue weighted by Crippen LogP contribution is -2.50. The van der Waals surface area contributed by atoms with Gasteiger partial charge in [0.1, 0.15) is 0 Å². The Balaban J connectivity index is 1.65. The third-order valence-corrected chi connectivity index (χ3v) is 5.46. The van der Waals surface area contributed by atoms with Crippen molar-refractivity contribution in [3.63, 3.8) is 0 Å². The Morgan fingerprint density at radius 1 is 1.04 bits per heavy atom. The molecule has 1 aromatic carbocycles. The van der Waals surface area contributed by atoms with Crippen LogP contribution in [-0.4, -0.2) is 62.0 Å². The number of likely N-dealkylation sites (N-methyl/N-ethyl adjacent to an activating group) is 1. The van der Waals surface area contributed by atoms with Crippen molar-refractivity contribution in [1.82, 2.24) is 9.80 Å². The molecule has 3 rings (SSSR count). The van der Waals surface area contributed by atoms with E-state index in [1.807, 2.05) is 11.9 Å². The summed E-state index contributed by atoms with van der Waals surface area (Å²) >= 11 is 0. The highest BCUT2D eigenvalue weighted by molar-refractivity contribution is 5.79. The minimum atomic E-state index is -4.37. The van der Waals surface area contributed by atoms with E-state index in [4.69, 9.17) is 0 Å². The van der Waals surface area contributed by atoms with E-state index in [0.717, 1.165) is 26.2 Å². The van der Waals surface area contributed by atoms with Crippen LogP contribution in [0.3, 0.4) is 0 Å². The first-order chi connectivity index (χ1) is 12.3. The summed E-state index contributed by atoms with van der Waals surface area (Å²) in [5.41, 5.74) is 0.246. The molecule has 1 aromatic rings. The molecular weight excluding hydrogens is 343 g/mol. The molecule has 0 radical (unpaired) electrons. The fourth-order valence-corrected chi connectivity index (χ4v) is 3.81. The highest BCUT2D eigenvalue weighted by Crippen LogP contribution is 2.38. The first kappa shape index (κ1) is 19.0. The van der Waals surface area contributed by atoms with Crippen LogP contribution in [0.2, 0.25) is 0 Å². The summed E-state index contributed by atoms with van der Waals surface area (Å²) < 4.78 is 40.1. The summed E-state index contributed by atoms with van der Waals surface area (Å²) in [5, 5.41) is 0. The minimum Gasteiger partial charge on any atom is -0.371 e. The Hall–Kier alpha value is -1.76. The Bertz CT molecular complexity index is 646. The number of hydrogen-bond donors (Lipinski definition) is 0. The van der Waals surface area contributed by atoms with E-state index < -0.39 is 11.7 Å². The number of halogens is 3. The number of piperidine rings is 1. The van der Waals surface area contributed by atoms with Crippen LogP contribution >= 0.6 is 0 Å². The van der Waals surface area contributed by atoms with Gasteiger partial charge in [-0.1, -0.05) is 11.6 Å². The molecule has 1 amide bonds. The lowest BCUT2D eigenvalue weighted by Gasteiger charge is -2.38. The molecule has 2 fully saturated rings. The van der Waals surface area contributed by atoms with Crippen LogP contribution in [0.25, 0.3) is 0 Å². The third-order valence-electron chi connectivity index (χ3n) is 5.46. The smallest absolute Gasteiger partial charge is 0.371 e. The molecule has 0 aromatic heterocycles. The summed E-state index contributed by atoms with van der Waals surface area (Å²) in [5.74, 6) is 0.0899. The number of carbonyl (C=O) groups is 1. The molecule has 7 heteroatoms. The predicted octanol–water partition coefficient (Wildman–Crippen LogP) is 3.00. The normalized spacial score (nSPS) is 20.5. The van der Waals surface area contributed by atoms with Crippen molar-refractivity contribution in [3.05, 3.63) is 29.3 Å². The number of piperazine rings is 1. The van der Waals surface area contributed by atoms with Gasteiger partial charge < -0.3 is 14.7 Å². The standard InChI is InChI=1S/C19H26F3N3O/c1-14-3-4-17(16(13-14)19(20,21)22)24-7-5-15(6-8-24)18(26)25-11-9-23(2)10-12-25/h3-4,13,15H,5-12H2,1-2H3. The predicted molar refractivity (Wildman–Crippen MR) is 95.2 cm³/mol. The molecule has 0 saturated carbocycles. The quantitative estimate of drug-likeness (QED) is 0.802. The highest BCUT2D eigenvalue weighted by Gasteiger charge is 2.37. The van der Waals surface area contributed by atoms with Gasteiger partial charge in [0, 0.05) is 50.9 Å². The lowest BCUT2D eigenvalue weighted by atomic mass is 9.94. The second-order valence-corrected chi connectivity index (χ2v) is 7.41. The molecule has 0 bridgehead atoms. The van der Waals surface area contributed by atoms with Crippen molar-refractivity contribution in [1.29, 1.82) is 0 Å². The highest BCUT2D eigenvalue weighted by atomic mass is 19.4. The van der Waals surface area contributed by atoms with E-state index in [1.54, 1.807) is 24.0 Å². The van der Waals surface area contributed by atoms with Crippen LogP contribution in [-0.2, 0) is 11.0 Å². The van der Waals surface area contributed by atoms with Gasteiger partial charge in [-0.2, -0.15) is 13.2 Å². The Morgan fingerprint density at radius 2 is 1.65 bits per heavy atom. The number of carbonyl (C=O) groups excluding carboxylic acids is 1. The van der Waals surface area contributed by atoms with Crippen molar-refractivity contribution in [3.8, 4) is 0 Å². The van der Waals surface area contributed by atoms with Crippen LogP contribution in [0.15, 0.2) is 18.2 Å². The van der Waals surface area contributed by atoms with Gasteiger partial charge >= 0.3 is 6.18 Å². The molecule has 0 aliphatic carbocycles. The SMILES string of the molecule is Cc1ccc(N2CCC(C(=O)N3CCN(C)CC3)CC2)c(C(F)(F)F)c1. The second-order valence-electron chi connectivity index (χ2n) is 7.41. The van der Waals surface area contributed by atoms with Gasteiger partial charge in [-0.15, -0.1) is 0 Å². The molecule has 0 spiro atoms. The van der Waals surface area contributed by atoms with Crippen LogP contribution in [0.5, 0.6) is 0 Å². The second kappa shape index (κ2) is 7.47. The summed E-state index contributed by atoms with van der Waals surface area (Å²) in [7, 11) is 2.04. The van der Waals surface area contributed by atoms with Gasteiger partial charge in [0.05, 0.1) is 5.56 Å². The molecule has 0 N–H and O–H groups in total. The molecule has 2 aliphatic rings. The van der Waals surface area contributed by atoms with E-state index in [9.17, 15) is 18.0 Å². The zero-order chi connectivity index (χ0) is 18.9. The van der Waals surface area contributed by atoms with Gasteiger partial charge in [-0.05, 0) is 38.9 Å². The van der Waals surface area contributed by atoms with Crippen molar-refractivity contribution < 1.29 is 18.0 Å². The average molecular weight is 369 g/mol. The number of benzene rings is 1. The van der Waals surface area contributed by atoms with E-state index in [2.05, 4.69) is 4.90 Å². The summed E-state index contributed by atoms with van der Waals surface area (Å²) in [6.07, 6.45) is -3.15. The number of nitrogens with zero attached hydrogens (tertiary/aromatic N) is 3. The lowest BCUT2D eigenvalue weighted by molar-refractivity contribution is -0.138. The molecule has 26 heavy (non-hydrogen) atoms. The van der Waals surface area contributed by atoms with Crippen molar-refractivity contribution >= 4 is 11.6 Å². The van der Waals surface area contributed by atoms with Crippen molar-refractivity contribution in [2.75, 3.05) is 51.2 Å². The molecule has 2 heterocycles. The van der Waals surface area contributed by atoms with Gasteiger partial charge in [0.15, 0.2) is 0 Å². The Morgan fingerprint density at radius 3 is 2.23 bits per heavy atom. The van der Waals surface area contributed by atoms with Gasteiger partial charge in [0.25, 0.3) is 0 Å². The molecule has 0 atom stereocenters. The molecule has 2 saturated heterocycles. The van der Waals surface area contributed by atoms with Crippen LogP contribution < -0.4 is 4.90 Å². The van der Waals surface area contributed by atoms with Gasteiger partial charge in [-0.25, -0.2) is 0 Å². The monoisotopic (exact) mass is 369 g/mol. The topological polar surface area (TPSA) is 26.8 Å². The average Bonchev–Trinajstić information content (AvgIpc) is 2.61. The number of amides is 1.